The number of hydrogen-bond donors (Lipinski definition) is 1. The van der Waals surface area contributed by atoms with E-state index in [0.717, 1.165) is 23.1 Å². The summed E-state index contributed by atoms with van der Waals surface area (Å²) in [4.78, 5) is 21.4. The van der Waals surface area contributed by atoms with Crippen LogP contribution in [-0.4, -0.2) is 33.9 Å². The van der Waals surface area contributed by atoms with Crippen LogP contribution in [0.5, 0.6) is 0 Å². The fourth-order valence-corrected chi connectivity index (χ4v) is 3.16. The number of nitrogen functional groups attached to an aromatic ring is 1. The molecule has 6 heteroatoms. The number of aromatic nitrogens is 2. The minimum atomic E-state index is -0.226. The van der Waals surface area contributed by atoms with Gasteiger partial charge in [-0.2, -0.15) is 0 Å². The molecule has 0 aliphatic rings. The van der Waals surface area contributed by atoms with Gasteiger partial charge in [-0.05, 0) is 38.0 Å². The van der Waals surface area contributed by atoms with E-state index in [4.69, 9.17) is 17.3 Å². The summed E-state index contributed by atoms with van der Waals surface area (Å²) in [6.45, 7) is 11.0. The third-order valence-electron chi connectivity index (χ3n) is 4.38. The summed E-state index contributed by atoms with van der Waals surface area (Å²) < 4.78 is 0. The van der Waals surface area contributed by atoms with Gasteiger partial charge in [0.2, 0.25) is 12.4 Å². The van der Waals surface area contributed by atoms with Gasteiger partial charge in [0.1, 0.15) is 0 Å². The average Bonchev–Trinajstić information content (AvgIpc) is 2.55. The Morgan fingerprint density at radius 3 is 2.64 bits per heavy atom. The van der Waals surface area contributed by atoms with Crippen LogP contribution in [0.15, 0.2) is 24.4 Å². The van der Waals surface area contributed by atoms with Crippen molar-refractivity contribution in [1.29, 1.82) is 0 Å². The van der Waals surface area contributed by atoms with E-state index in [1.54, 1.807) is 0 Å². The van der Waals surface area contributed by atoms with Crippen LogP contribution in [0.1, 0.15) is 38.8 Å². The molecule has 0 radical (unpaired) electrons. The van der Waals surface area contributed by atoms with Gasteiger partial charge in [-0.25, -0.2) is 9.97 Å². The van der Waals surface area contributed by atoms with Crippen LogP contribution in [0.25, 0.3) is 11.3 Å². The highest BCUT2D eigenvalue weighted by Crippen LogP contribution is 2.33. The molecule has 0 aliphatic heterocycles. The summed E-state index contributed by atoms with van der Waals surface area (Å²) in [5, 5.41) is 0.457. The predicted octanol–water partition coefficient (Wildman–Crippen LogP) is 3.83. The number of amides is 1. The zero-order valence-electron chi connectivity index (χ0n) is 15.4. The molecule has 1 amide bonds. The number of anilines is 1. The lowest BCUT2D eigenvalue weighted by molar-refractivity contribution is -0.120. The molecule has 1 heterocycles. The standard InChI is InChI=1S/C19H25ClN4O/c1-12(2)24(11-25)10-19(4,5)15-8-14(7-6-13(15)3)17-16(20)9-22-18(21)23-17/h6-9,11-12H,10H2,1-5H3,(H2,21,22,23). The van der Waals surface area contributed by atoms with Crippen LogP contribution in [-0.2, 0) is 10.2 Å². The first kappa shape index (κ1) is 19.2. The second kappa shape index (κ2) is 7.40. The van der Waals surface area contributed by atoms with E-state index in [1.165, 1.54) is 6.20 Å². The second-order valence-electron chi connectivity index (χ2n) is 7.21. The summed E-state index contributed by atoms with van der Waals surface area (Å²) in [6, 6.07) is 6.24. The third-order valence-corrected chi connectivity index (χ3v) is 4.66. The van der Waals surface area contributed by atoms with Crippen molar-refractivity contribution in [2.24, 2.45) is 0 Å². The number of rotatable bonds is 6. The lowest BCUT2D eigenvalue weighted by Gasteiger charge is -2.34. The highest BCUT2D eigenvalue weighted by molar-refractivity contribution is 6.32. The molecule has 25 heavy (non-hydrogen) atoms. The molecule has 5 nitrogen and oxygen atoms in total. The Morgan fingerprint density at radius 2 is 2.04 bits per heavy atom. The number of nitrogens with zero attached hydrogens (tertiary/aromatic N) is 3. The number of carbonyl (C=O) groups is 1. The molecule has 1 aromatic heterocycles. The molecule has 0 aliphatic carbocycles. The van der Waals surface area contributed by atoms with E-state index >= 15 is 0 Å². The van der Waals surface area contributed by atoms with E-state index in [0.29, 0.717) is 17.3 Å². The van der Waals surface area contributed by atoms with Crippen molar-refractivity contribution in [2.75, 3.05) is 12.3 Å². The van der Waals surface area contributed by atoms with Crippen LogP contribution >= 0.6 is 11.6 Å². The van der Waals surface area contributed by atoms with Gasteiger partial charge in [0.05, 0.1) is 16.9 Å². The molecule has 2 aromatic rings. The molecule has 0 saturated heterocycles. The van der Waals surface area contributed by atoms with Crippen molar-refractivity contribution in [2.45, 2.75) is 46.1 Å². The normalized spacial score (nSPS) is 11.6. The zero-order valence-corrected chi connectivity index (χ0v) is 16.1. The van der Waals surface area contributed by atoms with Gasteiger partial charge in [-0.1, -0.05) is 37.6 Å². The molecule has 2 N–H and O–H groups in total. The monoisotopic (exact) mass is 360 g/mol. The Balaban J connectivity index is 2.48. The maximum atomic E-state index is 11.4. The SMILES string of the molecule is Cc1ccc(-c2nc(N)ncc2Cl)cc1C(C)(C)CN(C=O)C(C)C. The minimum Gasteiger partial charge on any atom is -0.368 e. The maximum Gasteiger partial charge on any atom is 0.220 e. The summed E-state index contributed by atoms with van der Waals surface area (Å²) in [7, 11) is 0. The number of halogens is 1. The summed E-state index contributed by atoms with van der Waals surface area (Å²) in [5.41, 5.74) is 9.28. The largest absolute Gasteiger partial charge is 0.368 e. The van der Waals surface area contributed by atoms with Crippen LogP contribution in [0.4, 0.5) is 5.95 Å². The highest BCUT2D eigenvalue weighted by atomic mass is 35.5. The van der Waals surface area contributed by atoms with Gasteiger partial charge in [-0.3, -0.25) is 4.79 Å². The Hall–Kier alpha value is -2.14. The van der Waals surface area contributed by atoms with Gasteiger partial charge in [0.25, 0.3) is 0 Å². The molecule has 0 bridgehead atoms. The van der Waals surface area contributed by atoms with Crippen molar-refractivity contribution in [1.82, 2.24) is 14.9 Å². The van der Waals surface area contributed by atoms with Crippen LogP contribution < -0.4 is 5.73 Å². The van der Waals surface area contributed by atoms with Gasteiger partial charge in [0.15, 0.2) is 0 Å². The maximum absolute atomic E-state index is 11.4. The molecule has 0 fully saturated rings. The van der Waals surface area contributed by atoms with Crippen LogP contribution in [0.2, 0.25) is 5.02 Å². The Kier molecular flexibility index (Phi) is 5.68. The smallest absolute Gasteiger partial charge is 0.220 e. The Labute approximate surface area is 154 Å². The topological polar surface area (TPSA) is 72.1 Å². The van der Waals surface area contributed by atoms with Gasteiger partial charge < -0.3 is 10.6 Å². The fourth-order valence-electron chi connectivity index (χ4n) is 2.96. The molecule has 0 unspecified atom stereocenters. The number of nitrogens with two attached hydrogens (primary N) is 1. The molecule has 2 rings (SSSR count). The van der Waals surface area contributed by atoms with E-state index < -0.39 is 0 Å². The summed E-state index contributed by atoms with van der Waals surface area (Å²) in [6.07, 6.45) is 2.42. The first-order chi connectivity index (χ1) is 11.7. The fraction of sp³-hybridized carbons (Fsp3) is 0.421. The molecular weight excluding hydrogens is 336 g/mol. The number of aryl methyl sites for hydroxylation is 1. The lowest BCUT2D eigenvalue weighted by atomic mass is 9.80. The third kappa shape index (κ3) is 4.28. The summed E-state index contributed by atoms with van der Waals surface area (Å²) >= 11 is 6.25. The van der Waals surface area contributed by atoms with Crippen molar-refractivity contribution < 1.29 is 4.79 Å². The average molecular weight is 361 g/mol. The summed E-state index contributed by atoms with van der Waals surface area (Å²) in [5.74, 6) is 0.188. The molecule has 0 spiro atoms. The quantitative estimate of drug-likeness (QED) is 0.794. The first-order valence-corrected chi connectivity index (χ1v) is 8.64. The number of carbonyl (C=O) groups excluding carboxylic acids is 1. The number of hydrogen-bond acceptors (Lipinski definition) is 4. The van der Waals surface area contributed by atoms with Crippen molar-refractivity contribution >= 4 is 24.0 Å². The van der Waals surface area contributed by atoms with E-state index in [-0.39, 0.29) is 17.4 Å². The van der Waals surface area contributed by atoms with Crippen molar-refractivity contribution in [3.63, 3.8) is 0 Å². The Bertz CT molecular complexity index is 774. The van der Waals surface area contributed by atoms with Crippen molar-refractivity contribution in [3.05, 3.63) is 40.5 Å². The van der Waals surface area contributed by atoms with Gasteiger partial charge in [-0.15, -0.1) is 0 Å². The predicted molar refractivity (Wildman–Crippen MR) is 103 cm³/mol. The van der Waals surface area contributed by atoms with Crippen LogP contribution in [0, 0.1) is 6.92 Å². The lowest BCUT2D eigenvalue weighted by Crippen LogP contribution is -2.40. The van der Waals surface area contributed by atoms with E-state index in [2.05, 4.69) is 36.8 Å². The molecule has 134 valence electrons. The molecule has 0 atom stereocenters. The van der Waals surface area contributed by atoms with Gasteiger partial charge in [0, 0.05) is 23.6 Å². The second-order valence-corrected chi connectivity index (χ2v) is 7.62. The van der Waals surface area contributed by atoms with E-state index in [1.807, 2.05) is 30.9 Å². The molecular formula is C19H25ClN4O. The zero-order chi connectivity index (χ0) is 18.8. The molecule has 1 aromatic carbocycles. The number of benzene rings is 1. The van der Waals surface area contributed by atoms with Crippen molar-refractivity contribution in [3.8, 4) is 11.3 Å². The minimum absolute atomic E-state index is 0.149. The van der Waals surface area contributed by atoms with E-state index in [9.17, 15) is 4.79 Å². The first-order valence-electron chi connectivity index (χ1n) is 8.26. The van der Waals surface area contributed by atoms with Crippen LogP contribution in [0.3, 0.4) is 0 Å². The Morgan fingerprint density at radius 1 is 1.36 bits per heavy atom. The highest BCUT2D eigenvalue weighted by Gasteiger charge is 2.27. The molecule has 0 saturated carbocycles. The van der Waals surface area contributed by atoms with Gasteiger partial charge >= 0.3 is 0 Å².